The third kappa shape index (κ3) is 5.40. The van der Waals surface area contributed by atoms with E-state index in [1.165, 1.54) is 11.0 Å². The van der Waals surface area contributed by atoms with Gasteiger partial charge < -0.3 is 24.1 Å². The number of hydrogen-bond acceptors (Lipinski definition) is 10. The van der Waals surface area contributed by atoms with Crippen LogP contribution in [0, 0.1) is 6.92 Å². The fraction of sp³-hybridized carbons (Fsp3) is 0.267. The van der Waals surface area contributed by atoms with Crippen molar-refractivity contribution >= 4 is 39.9 Å². The predicted molar refractivity (Wildman–Crippen MR) is 152 cm³/mol. The third-order valence-electron chi connectivity index (χ3n) is 6.44. The molecular weight excluding hydrogens is 548 g/mol. The smallest absolute Gasteiger partial charge is 0.350 e. The Morgan fingerprint density at radius 3 is 2.61 bits per heavy atom. The molecule has 2 aliphatic rings. The summed E-state index contributed by atoms with van der Waals surface area (Å²) in [6.45, 7) is 8.44. The van der Waals surface area contributed by atoms with Crippen LogP contribution in [0.1, 0.15) is 45.9 Å². The van der Waals surface area contributed by atoms with E-state index >= 15 is 0 Å². The van der Waals surface area contributed by atoms with Crippen LogP contribution < -0.4 is 19.1 Å². The summed E-state index contributed by atoms with van der Waals surface area (Å²) in [5.41, 5.74) is 1.03. The summed E-state index contributed by atoms with van der Waals surface area (Å²) in [4.78, 5) is 45.5. The number of fused-ring (bicyclic) bond motifs is 1. The molecule has 0 bridgehead atoms. The summed E-state index contributed by atoms with van der Waals surface area (Å²) in [5, 5.41) is 11.6. The van der Waals surface area contributed by atoms with Crippen molar-refractivity contribution in [3.8, 4) is 17.2 Å². The second-order valence-corrected chi connectivity index (χ2v) is 10.2. The number of aliphatic hydroxyl groups is 1. The quantitative estimate of drug-likeness (QED) is 0.123. The molecule has 3 heterocycles. The topological polar surface area (TPSA) is 124 Å². The van der Waals surface area contributed by atoms with Crippen LogP contribution in [0.3, 0.4) is 0 Å². The number of esters is 1. The van der Waals surface area contributed by atoms with Gasteiger partial charge in [-0.3, -0.25) is 14.5 Å². The zero-order valence-electron chi connectivity index (χ0n) is 22.5. The van der Waals surface area contributed by atoms with Gasteiger partial charge >= 0.3 is 11.9 Å². The number of anilines is 1. The molecule has 0 radical (unpaired) electrons. The third-order valence-corrected chi connectivity index (χ3v) is 7.57. The number of Topliss-reactive ketones (excluding diaryl/α,β-unsaturated/α-hetero) is 1. The van der Waals surface area contributed by atoms with Gasteiger partial charge in [-0.15, -0.1) is 0 Å². The minimum Gasteiger partial charge on any atom is -0.507 e. The van der Waals surface area contributed by atoms with E-state index in [0.29, 0.717) is 48.3 Å². The average molecular weight is 577 g/mol. The Bertz CT molecular complexity index is 1540. The first-order valence-corrected chi connectivity index (χ1v) is 13.8. The molecule has 212 valence electrons. The molecular formula is C30H28N2O8S. The van der Waals surface area contributed by atoms with Crippen LogP contribution in [0.2, 0.25) is 0 Å². The first-order chi connectivity index (χ1) is 19.8. The van der Waals surface area contributed by atoms with Gasteiger partial charge in [0, 0.05) is 5.56 Å². The van der Waals surface area contributed by atoms with E-state index in [2.05, 4.69) is 11.6 Å². The van der Waals surface area contributed by atoms with E-state index in [0.717, 1.165) is 17.8 Å². The van der Waals surface area contributed by atoms with Crippen molar-refractivity contribution in [2.75, 3.05) is 31.3 Å². The molecule has 0 aliphatic carbocycles. The highest BCUT2D eigenvalue weighted by molar-refractivity contribution is 7.17. The number of nitrogens with zero attached hydrogens (tertiary/aromatic N) is 2. The van der Waals surface area contributed by atoms with Gasteiger partial charge in [-0.2, -0.15) is 0 Å². The molecule has 0 saturated carbocycles. The van der Waals surface area contributed by atoms with Gasteiger partial charge in [-0.1, -0.05) is 43.0 Å². The lowest BCUT2D eigenvalue weighted by Gasteiger charge is -2.23. The Hall–Kier alpha value is -4.64. The summed E-state index contributed by atoms with van der Waals surface area (Å²) < 4.78 is 22.1. The van der Waals surface area contributed by atoms with E-state index in [1.54, 1.807) is 49.4 Å². The Morgan fingerprint density at radius 1 is 1.17 bits per heavy atom. The summed E-state index contributed by atoms with van der Waals surface area (Å²) in [6, 6.07) is 10.7. The Labute approximate surface area is 240 Å². The van der Waals surface area contributed by atoms with Crippen molar-refractivity contribution in [1.29, 1.82) is 0 Å². The lowest BCUT2D eigenvalue weighted by atomic mass is 9.95. The molecule has 11 heteroatoms. The Morgan fingerprint density at radius 2 is 1.90 bits per heavy atom. The number of carbonyl (C=O) groups is 3. The van der Waals surface area contributed by atoms with E-state index in [-0.39, 0.29) is 33.5 Å². The van der Waals surface area contributed by atoms with Gasteiger partial charge in [0.15, 0.2) is 16.6 Å². The molecule has 41 heavy (non-hydrogen) atoms. The molecule has 10 nitrogen and oxygen atoms in total. The fourth-order valence-corrected chi connectivity index (χ4v) is 5.52. The molecule has 3 aromatic rings. The summed E-state index contributed by atoms with van der Waals surface area (Å²) in [6.07, 6.45) is 2.28. The maximum atomic E-state index is 13.5. The van der Waals surface area contributed by atoms with Gasteiger partial charge in [0.1, 0.15) is 36.2 Å². The highest BCUT2D eigenvalue weighted by Gasteiger charge is 2.48. The molecule has 1 atom stereocenters. The number of amides is 1. The Kier molecular flexibility index (Phi) is 8.06. The fourth-order valence-electron chi connectivity index (χ4n) is 4.53. The highest BCUT2D eigenvalue weighted by Crippen LogP contribution is 2.45. The Balaban J connectivity index is 1.62. The van der Waals surface area contributed by atoms with Gasteiger partial charge in [-0.25, -0.2) is 9.78 Å². The number of hydrogen-bond donors (Lipinski definition) is 1. The summed E-state index contributed by atoms with van der Waals surface area (Å²) in [7, 11) is 0. The number of carbonyl (C=O) groups excluding carboxylic acids is 3. The molecule has 2 aliphatic heterocycles. The molecule has 1 fully saturated rings. The minimum absolute atomic E-state index is 0.0119. The first kappa shape index (κ1) is 27.9. The monoisotopic (exact) mass is 576 g/mol. The maximum Gasteiger partial charge on any atom is 0.350 e. The second-order valence-electron chi connectivity index (χ2n) is 9.24. The number of rotatable bonds is 9. The molecule has 1 aromatic heterocycles. The predicted octanol–water partition coefficient (Wildman–Crippen LogP) is 4.98. The number of aryl methyl sites for hydroxylation is 1. The van der Waals surface area contributed by atoms with Gasteiger partial charge in [0.2, 0.25) is 0 Å². The van der Waals surface area contributed by atoms with Crippen molar-refractivity contribution < 1.29 is 38.4 Å². The number of ether oxygens (including phenoxy) is 4. The number of aromatic nitrogens is 1. The SMILES string of the molecule is C=CCOC(=O)c1sc(N2C(=O)C(=O)C(=C(O)c3ccc4c(c3)OCCO4)C2c2ccc(OCCC)cc2)nc1C. The van der Waals surface area contributed by atoms with Crippen LogP contribution in [-0.4, -0.2) is 54.2 Å². The lowest BCUT2D eigenvalue weighted by Crippen LogP contribution is -2.29. The van der Waals surface area contributed by atoms with E-state index in [9.17, 15) is 19.5 Å². The van der Waals surface area contributed by atoms with E-state index in [1.807, 2.05) is 6.92 Å². The molecule has 1 N–H and O–H groups in total. The molecule has 1 amide bonds. The number of benzene rings is 2. The number of aliphatic hydroxyl groups excluding tert-OH is 1. The number of thiazole rings is 1. The summed E-state index contributed by atoms with van der Waals surface area (Å²) >= 11 is 0.929. The maximum absolute atomic E-state index is 13.5. The van der Waals surface area contributed by atoms with Crippen molar-refractivity contribution in [3.63, 3.8) is 0 Å². The van der Waals surface area contributed by atoms with Crippen LogP contribution in [-0.2, 0) is 14.3 Å². The first-order valence-electron chi connectivity index (χ1n) is 13.0. The highest BCUT2D eigenvalue weighted by atomic mass is 32.1. The van der Waals surface area contributed by atoms with Crippen molar-refractivity contribution in [2.45, 2.75) is 26.3 Å². The van der Waals surface area contributed by atoms with Crippen LogP contribution in [0.4, 0.5) is 5.13 Å². The second kappa shape index (κ2) is 11.8. The molecule has 1 unspecified atom stereocenters. The number of ketones is 1. The largest absolute Gasteiger partial charge is 0.507 e. The molecule has 2 aromatic carbocycles. The zero-order chi connectivity index (χ0) is 29.1. The average Bonchev–Trinajstić information content (AvgIpc) is 3.50. The summed E-state index contributed by atoms with van der Waals surface area (Å²) in [5.74, 6) is -1.22. The zero-order valence-corrected chi connectivity index (χ0v) is 23.4. The van der Waals surface area contributed by atoms with Crippen LogP contribution >= 0.6 is 11.3 Å². The van der Waals surface area contributed by atoms with Crippen molar-refractivity contribution in [2.24, 2.45) is 0 Å². The molecule has 0 spiro atoms. The standard InChI is InChI=1S/C30H28N2O8S/c1-4-12-37-20-9-6-18(7-10-20)24-23(25(33)19-8-11-21-22(16-19)39-15-14-38-21)26(34)28(35)32(24)30-31-17(3)27(41-30)29(36)40-13-5-2/h5-11,16,24,33H,2,4,12-15H2,1,3H3. The van der Waals surface area contributed by atoms with Gasteiger partial charge in [0.05, 0.1) is 23.9 Å². The minimum atomic E-state index is -1.04. The van der Waals surface area contributed by atoms with Crippen LogP contribution in [0.15, 0.2) is 60.7 Å². The van der Waals surface area contributed by atoms with Crippen LogP contribution in [0.25, 0.3) is 5.76 Å². The van der Waals surface area contributed by atoms with Crippen LogP contribution in [0.5, 0.6) is 17.2 Å². The van der Waals surface area contributed by atoms with Crippen molar-refractivity contribution in [1.82, 2.24) is 4.98 Å². The normalized spacial score (nSPS) is 17.4. The van der Waals surface area contributed by atoms with Crippen molar-refractivity contribution in [3.05, 3.63) is 82.4 Å². The molecule has 1 saturated heterocycles. The van der Waals surface area contributed by atoms with Gasteiger partial charge in [-0.05, 0) is 49.2 Å². The van der Waals surface area contributed by atoms with E-state index in [4.69, 9.17) is 18.9 Å². The molecule has 5 rings (SSSR count). The van der Waals surface area contributed by atoms with E-state index < -0.39 is 23.7 Å². The van der Waals surface area contributed by atoms with Gasteiger partial charge in [0.25, 0.3) is 5.78 Å². The lowest BCUT2D eigenvalue weighted by molar-refractivity contribution is -0.132.